The molecule has 1 atom stereocenters. The molecule has 2 aromatic rings. The zero-order valence-electron chi connectivity index (χ0n) is 13.1. The van der Waals surface area contributed by atoms with Gasteiger partial charge in [-0.05, 0) is 50.5 Å². The number of amides is 1. The first-order valence-corrected chi connectivity index (χ1v) is 7.55. The lowest BCUT2D eigenvalue weighted by Crippen LogP contribution is -2.39. The minimum absolute atomic E-state index is 0.0237. The Balaban J connectivity index is 1.81. The zero-order chi connectivity index (χ0) is 15.9. The number of hydrogen-bond acceptors (Lipinski definition) is 2. The second-order valence-corrected chi connectivity index (χ2v) is 5.95. The van der Waals surface area contributed by atoms with Crippen LogP contribution in [0.15, 0.2) is 18.2 Å². The lowest BCUT2D eigenvalue weighted by atomic mass is 9.93. The van der Waals surface area contributed by atoms with E-state index >= 15 is 0 Å². The molecule has 1 unspecified atom stereocenters. The van der Waals surface area contributed by atoms with Gasteiger partial charge in [0.25, 0.3) is 0 Å². The molecule has 1 aliphatic rings. The van der Waals surface area contributed by atoms with Crippen LogP contribution < -0.4 is 0 Å². The minimum Gasteiger partial charge on any atom is -0.335 e. The molecule has 1 amide bonds. The zero-order valence-corrected chi connectivity index (χ0v) is 13.1. The van der Waals surface area contributed by atoms with Gasteiger partial charge in [-0.2, -0.15) is 5.10 Å². The number of carbonyl (C=O) groups is 1. The van der Waals surface area contributed by atoms with Crippen LogP contribution >= 0.6 is 0 Å². The minimum atomic E-state index is -0.213. The van der Waals surface area contributed by atoms with Crippen molar-refractivity contribution in [1.82, 2.24) is 15.1 Å². The van der Waals surface area contributed by atoms with Gasteiger partial charge in [0.15, 0.2) is 0 Å². The number of halogens is 1. The summed E-state index contributed by atoms with van der Waals surface area (Å²) in [4.78, 5) is 14.5. The predicted molar refractivity (Wildman–Crippen MR) is 82.0 cm³/mol. The summed E-state index contributed by atoms with van der Waals surface area (Å²) in [6.45, 7) is 6.47. The molecule has 2 heterocycles. The summed E-state index contributed by atoms with van der Waals surface area (Å²) in [5.74, 6) is -0.120. The summed E-state index contributed by atoms with van der Waals surface area (Å²) in [5.41, 5.74) is 4.84. The molecule has 0 bridgehead atoms. The van der Waals surface area contributed by atoms with Crippen LogP contribution in [0, 0.1) is 19.7 Å². The Kier molecular flexibility index (Phi) is 3.72. The molecule has 1 aliphatic heterocycles. The van der Waals surface area contributed by atoms with Crippen LogP contribution in [0.1, 0.15) is 41.0 Å². The molecule has 0 spiro atoms. The van der Waals surface area contributed by atoms with Gasteiger partial charge in [0.2, 0.25) is 5.91 Å². The highest BCUT2D eigenvalue weighted by Crippen LogP contribution is 2.30. The van der Waals surface area contributed by atoms with Crippen molar-refractivity contribution in [2.45, 2.75) is 39.7 Å². The molecular formula is C17H20FN3O. The standard InChI is InChI=1S/C17H20FN3O/c1-10-16(11(2)20-19-10)9-17(22)21-7-6-13-8-14(18)4-5-15(13)12(21)3/h4-5,8,12H,6-7,9H2,1-3H3,(H,19,20). The Hall–Kier alpha value is -2.17. The molecule has 4 nitrogen and oxygen atoms in total. The maximum Gasteiger partial charge on any atom is 0.227 e. The van der Waals surface area contributed by atoms with Crippen molar-refractivity contribution in [1.29, 1.82) is 0 Å². The van der Waals surface area contributed by atoms with E-state index in [-0.39, 0.29) is 17.8 Å². The van der Waals surface area contributed by atoms with Crippen molar-refractivity contribution in [2.24, 2.45) is 0 Å². The van der Waals surface area contributed by atoms with E-state index in [1.165, 1.54) is 6.07 Å². The fraction of sp³-hybridized carbons (Fsp3) is 0.412. The maximum absolute atomic E-state index is 13.3. The molecule has 1 N–H and O–H groups in total. The van der Waals surface area contributed by atoms with Crippen LogP contribution in [0.5, 0.6) is 0 Å². The van der Waals surface area contributed by atoms with E-state index in [1.54, 1.807) is 12.1 Å². The number of aryl methyl sites for hydroxylation is 2. The molecule has 116 valence electrons. The van der Waals surface area contributed by atoms with Gasteiger partial charge in [0.1, 0.15) is 5.82 Å². The first-order valence-electron chi connectivity index (χ1n) is 7.55. The average Bonchev–Trinajstić information content (AvgIpc) is 2.79. The number of hydrogen-bond donors (Lipinski definition) is 1. The van der Waals surface area contributed by atoms with Gasteiger partial charge in [0.05, 0.1) is 18.2 Å². The van der Waals surface area contributed by atoms with Gasteiger partial charge in [-0.25, -0.2) is 4.39 Å². The Morgan fingerprint density at radius 3 is 2.91 bits per heavy atom. The molecule has 1 aromatic carbocycles. The summed E-state index contributed by atoms with van der Waals surface area (Å²) >= 11 is 0. The van der Waals surface area contributed by atoms with Crippen molar-refractivity contribution < 1.29 is 9.18 Å². The molecule has 3 rings (SSSR count). The number of rotatable bonds is 2. The van der Waals surface area contributed by atoms with Crippen molar-refractivity contribution in [2.75, 3.05) is 6.54 Å². The van der Waals surface area contributed by atoms with Crippen LogP contribution in [-0.2, 0) is 17.6 Å². The summed E-state index contributed by atoms with van der Waals surface area (Å²) < 4.78 is 13.3. The molecule has 0 fully saturated rings. The number of benzene rings is 1. The lowest BCUT2D eigenvalue weighted by molar-refractivity contribution is -0.133. The van der Waals surface area contributed by atoms with Gasteiger partial charge < -0.3 is 4.90 Å². The summed E-state index contributed by atoms with van der Waals surface area (Å²) in [6.07, 6.45) is 1.06. The normalized spacial score (nSPS) is 17.5. The average molecular weight is 301 g/mol. The summed E-state index contributed by atoms with van der Waals surface area (Å²) in [5, 5.41) is 7.06. The predicted octanol–water partition coefficient (Wildman–Crippen LogP) is 2.85. The van der Waals surface area contributed by atoms with Crippen LogP contribution in [0.2, 0.25) is 0 Å². The third kappa shape index (κ3) is 2.51. The first-order chi connectivity index (χ1) is 10.5. The van der Waals surface area contributed by atoms with E-state index in [1.807, 2.05) is 25.7 Å². The Labute approximate surface area is 129 Å². The Bertz CT molecular complexity index is 703. The molecule has 0 radical (unpaired) electrons. The number of nitrogens with one attached hydrogen (secondary N) is 1. The fourth-order valence-corrected chi connectivity index (χ4v) is 3.23. The first kappa shape index (κ1) is 14.8. The molecule has 0 saturated heterocycles. The number of H-pyrrole nitrogens is 1. The quantitative estimate of drug-likeness (QED) is 0.927. The van der Waals surface area contributed by atoms with Crippen LogP contribution in [0.25, 0.3) is 0 Å². The monoisotopic (exact) mass is 301 g/mol. The fourth-order valence-electron chi connectivity index (χ4n) is 3.23. The van der Waals surface area contributed by atoms with Crippen LogP contribution in [0.3, 0.4) is 0 Å². The molecule has 5 heteroatoms. The van der Waals surface area contributed by atoms with Gasteiger partial charge in [-0.15, -0.1) is 0 Å². The number of aromatic nitrogens is 2. The van der Waals surface area contributed by atoms with Gasteiger partial charge in [-0.3, -0.25) is 9.89 Å². The Morgan fingerprint density at radius 2 is 2.23 bits per heavy atom. The number of carbonyl (C=O) groups excluding carboxylic acids is 1. The highest BCUT2D eigenvalue weighted by Gasteiger charge is 2.28. The largest absolute Gasteiger partial charge is 0.335 e. The van der Waals surface area contributed by atoms with E-state index < -0.39 is 0 Å². The molecule has 22 heavy (non-hydrogen) atoms. The van der Waals surface area contributed by atoms with Crippen molar-refractivity contribution in [3.05, 3.63) is 52.1 Å². The van der Waals surface area contributed by atoms with Crippen molar-refractivity contribution >= 4 is 5.91 Å². The van der Waals surface area contributed by atoms with Gasteiger partial charge in [-0.1, -0.05) is 6.07 Å². The van der Waals surface area contributed by atoms with Gasteiger partial charge in [0, 0.05) is 17.8 Å². The van der Waals surface area contributed by atoms with E-state index in [0.717, 1.165) is 28.1 Å². The van der Waals surface area contributed by atoms with E-state index in [9.17, 15) is 9.18 Å². The second kappa shape index (κ2) is 5.55. The number of nitrogens with zero attached hydrogens (tertiary/aromatic N) is 2. The van der Waals surface area contributed by atoms with Crippen LogP contribution in [0.4, 0.5) is 4.39 Å². The lowest BCUT2D eigenvalue weighted by Gasteiger charge is -2.35. The molecule has 0 saturated carbocycles. The van der Waals surface area contributed by atoms with E-state index in [2.05, 4.69) is 10.2 Å². The number of aromatic amines is 1. The molecule has 1 aromatic heterocycles. The highest BCUT2D eigenvalue weighted by atomic mass is 19.1. The number of fused-ring (bicyclic) bond motifs is 1. The van der Waals surface area contributed by atoms with Gasteiger partial charge >= 0.3 is 0 Å². The second-order valence-electron chi connectivity index (χ2n) is 5.95. The van der Waals surface area contributed by atoms with E-state index in [0.29, 0.717) is 19.4 Å². The van der Waals surface area contributed by atoms with Crippen molar-refractivity contribution in [3.8, 4) is 0 Å². The van der Waals surface area contributed by atoms with E-state index in [4.69, 9.17) is 0 Å². The van der Waals surface area contributed by atoms with Crippen LogP contribution in [-0.4, -0.2) is 27.5 Å². The highest BCUT2D eigenvalue weighted by molar-refractivity contribution is 5.80. The third-order valence-corrected chi connectivity index (χ3v) is 4.57. The summed E-state index contributed by atoms with van der Waals surface area (Å²) in [7, 11) is 0. The van der Waals surface area contributed by atoms with Crippen molar-refractivity contribution in [3.63, 3.8) is 0 Å². The molecular weight excluding hydrogens is 281 g/mol. The molecule has 0 aliphatic carbocycles. The smallest absolute Gasteiger partial charge is 0.227 e. The topological polar surface area (TPSA) is 49.0 Å². The SMILES string of the molecule is Cc1n[nH]c(C)c1CC(=O)N1CCc2cc(F)ccc2C1C. The summed E-state index contributed by atoms with van der Waals surface area (Å²) in [6, 6.07) is 4.82. The maximum atomic E-state index is 13.3. The third-order valence-electron chi connectivity index (χ3n) is 4.57. The Morgan fingerprint density at radius 1 is 1.45 bits per heavy atom.